The van der Waals surface area contributed by atoms with Gasteiger partial charge in [-0.25, -0.2) is 0 Å². The topological polar surface area (TPSA) is 50.7 Å². The molecule has 138 valence electrons. The molecule has 1 fully saturated rings. The number of nitrogen functional groups attached to an aromatic ring is 1. The summed E-state index contributed by atoms with van der Waals surface area (Å²) in [5.74, 6) is 1.64. The summed E-state index contributed by atoms with van der Waals surface area (Å²) in [7, 11) is 0. The molecule has 27 heavy (non-hydrogen) atoms. The molecular formula is C24H27N3. The van der Waals surface area contributed by atoms with Gasteiger partial charge in [-0.1, -0.05) is 49.7 Å². The van der Waals surface area contributed by atoms with Gasteiger partial charge in [0, 0.05) is 16.5 Å². The summed E-state index contributed by atoms with van der Waals surface area (Å²) in [6, 6.07) is 20.5. The number of hydrogen-bond acceptors (Lipinski definition) is 3. The fourth-order valence-corrected chi connectivity index (χ4v) is 4.22. The number of nitrogens with zero attached hydrogens (tertiary/aromatic N) is 2. The summed E-state index contributed by atoms with van der Waals surface area (Å²) in [5.41, 5.74) is 10.0. The Balaban J connectivity index is 1.50. The molecule has 0 bridgehead atoms. The van der Waals surface area contributed by atoms with Crippen molar-refractivity contribution < 1.29 is 0 Å². The molecule has 1 saturated carbocycles. The van der Waals surface area contributed by atoms with Crippen molar-refractivity contribution in [2.75, 3.05) is 5.73 Å². The van der Waals surface area contributed by atoms with Crippen molar-refractivity contribution in [1.29, 1.82) is 0 Å². The highest BCUT2D eigenvalue weighted by Gasteiger charge is 2.21. The van der Waals surface area contributed by atoms with Crippen LogP contribution in [0.4, 0.5) is 17.1 Å². The maximum absolute atomic E-state index is 6.07. The minimum absolute atomic E-state index is 0.708. The average molecular weight is 358 g/mol. The Morgan fingerprint density at radius 3 is 2.22 bits per heavy atom. The van der Waals surface area contributed by atoms with Gasteiger partial charge in [-0.3, -0.25) is 0 Å². The first-order chi connectivity index (χ1) is 13.2. The predicted molar refractivity (Wildman–Crippen MR) is 114 cm³/mol. The van der Waals surface area contributed by atoms with Gasteiger partial charge in [-0.05, 0) is 67.3 Å². The normalized spacial score (nSPS) is 20.3. The average Bonchev–Trinajstić information content (AvgIpc) is 2.74. The number of rotatable bonds is 4. The first-order valence-corrected chi connectivity index (χ1v) is 10.0. The summed E-state index contributed by atoms with van der Waals surface area (Å²) in [5, 5.41) is 11.0. The van der Waals surface area contributed by atoms with Gasteiger partial charge in [0.15, 0.2) is 0 Å². The van der Waals surface area contributed by atoms with Gasteiger partial charge in [0.1, 0.15) is 0 Å². The van der Waals surface area contributed by atoms with E-state index in [0.717, 1.165) is 33.8 Å². The van der Waals surface area contributed by atoms with E-state index in [2.05, 4.69) is 41.4 Å². The molecule has 3 nitrogen and oxygen atoms in total. The molecule has 0 heterocycles. The van der Waals surface area contributed by atoms with Crippen LogP contribution in [0, 0.1) is 5.92 Å². The lowest BCUT2D eigenvalue weighted by molar-refractivity contribution is 0.319. The van der Waals surface area contributed by atoms with Crippen LogP contribution in [0.5, 0.6) is 0 Å². The van der Waals surface area contributed by atoms with Crippen LogP contribution in [0.1, 0.15) is 50.5 Å². The molecule has 0 saturated heterocycles. The highest BCUT2D eigenvalue weighted by atomic mass is 15.1. The van der Waals surface area contributed by atoms with E-state index in [1.807, 2.05) is 36.4 Å². The third-order valence-corrected chi connectivity index (χ3v) is 6.00. The minimum atomic E-state index is 0.708. The molecule has 0 spiro atoms. The second kappa shape index (κ2) is 7.91. The van der Waals surface area contributed by atoms with E-state index in [1.165, 1.54) is 37.7 Å². The molecule has 1 aliphatic carbocycles. The molecule has 3 aromatic rings. The van der Waals surface area contributed by atoms with E-state index in [-0.39, 0.29) is 0 Å². The minimum Gasteiger partial charge on any atom is -0.398 e. The molecule has 1 aliphatic rings. The fraction of sp³-hybridized carbons (Fsp3) is 0.333. The van der Waals surface area contributed by atoms with Crippen LogP contribution in [-0.2, 0) is 0 Å². The van der Waals surface area contributed by atoms with Crippen molar-refractivity contribution >= 4 is 27.8 Å². The molecule has 0 aromatic heterocycles. The van der Waals surface area contributed by atoms with E-state index in [9.17, 15) is 0 Å². The van der Waals surface area contributed by atoms with Crippen molar-refractivity contribution in [2.24, 2.45) is 16.1 Å². The Hall–Kier alpha value is -2.68. The van der Waals surface area contributed by atoms with Gasteiger partial charge in [-0.15, -0.1) is 5.11 Å². The first-order valence-electron chi connectivity index (χ1n) is 10.0. The summed E-state index contributed by atoms with van der Waals surface area (Å²) in [6.07, 6.45) is 6.69. The van der Waals surface area contributed by atoms with E-state index in [4.69, 9.17) is 5.73 Å². The summed E-state index contributed by atoms with van der Waals surface area (Å²) in [6.45, 7) is 2.31. The van der Waals surface area contributed by atoms with Crippen molar-refractivity contribution in [3.05, 3.63) is 66.2 Å². The Morgan fingerprint density at radius 1 is 0.815 bits per heavy atom. The summed E-state index contributed by atoms with van der Waals surface area (Å²) >= 11 is 0. The molecule has 0 amide bonds. The van der Waals surface area contributed by atoms with E-state index in [1.54, 1.807) is 0 Å². The third kappa shape index (κ3) is 3.87. The van der Waals surface area contributed by atoms with Crippen LogP contribution in [0.25, 0.3) is 10.8 Å². The van der Waals surface area contributed by atoms with Crippen LogP contribution in [0.2, 0.25) is 0 Å². The highest BCUT2D eigenvalue weighted by Crippen LogP contribution is 2.37. The molecule has 0 atom stereocenters. The SMILES string of the molecule is CCC1CCC(c2ccc(N=Nc3ccc(N)c4ccccc34)cc2)CC1. The predicted octanol–water partition coefficient (Wildman–Crippen LogP) is 7.52. The largest absolute Gasteiger partial charge is 0.398 e. The Morgan fingerprint density at radius 2 is 1.52 bits per heavy atom. The number of azo groups is 1. The van der Waals surface area contributed by atoms with Crippen molar-refractivity contribution in [1.82, 2.24) is 0 Å². The lowest BCUT2D eigenvalue weighted by Gasteiger charge is -2.28. The summed E-state index contributed by atoms with van der Waals surface area (Å²) in [4.78, 5) is 0. The van der Waals surface area contributed by atoms with Crippen LogP contribution in [0.3, 0.4) is 0 Å². The zero-order valence-corrected chi connectivity index (χ0v) is 15.9. The number of nitrogens with two attached hydrogens (primary N) is 1. The first kappa shape index (κ1) is 17.7. The maximum atomic E-state index is 6.07. The van der Waals surface area contributed by atoms with Gasteiger partial charge in [-0.2, -0.15) is 5.11 Å². The zero-order chi connectivity index (χ0) is 18.6. The lowest BCUT2D eigenvalue weighted by atomic mass is 9.78. The molecule has 0 unspecified atom stereocenters. The Labute approximate surface area is 161 Å². The van der Waals surface area contributed by atoms with E-state index < -0.39 is 0 Å². The number of benzene rings is 3. The second-order valence-corrected chi connectivity index (χ2v) is 7.64. The molecule has 3 aromatic carbocycles. The van der Waals surface area contributed by atoms with Crippen molar-refractivity contribution in [3.8, 4) is 0 Å². The van der Waals surface area contributed by atoms with E-state index >= 15 is 0 Å². The zero-order valence-electron chi connectivity index (χ0n) is 15.9. The quantitative estimate of drug-likeness (QED) is 0.381. The number of hydrogen-bond donors (Lipinski definition) is 1. The fourth-order valence-electron chi connectivity index (χ4n) is 4.22. The number of fused-ring (bicyclic) bond motifs is 1. The van der Waals surface area contributed by atoms with E-state index in [0.29, 0.717) is 5.92 Å². The van der Waals surface area contributed by atoms with Crippen LogP contribution in [-0.4, -0.2) is 0 Å². The Bertz CT molecular complexity index is 936. The number of anilines is 1. The van der Waals surface area contributed by atoms with Crippen molar-refractivity contribution in [2.45, 2.75) is 44.9 Å². The monoisotopic (exact) mass is 357 g/mol. The molecule has 0 radical (unpaired) electrons. The smallest absolute Gasteiger partial charge is 0.0936 e. The third-order valence-electron chi connectivity index (χ3n) is 6.00. The molecule has 2 N–H and O–H groups in total. The molecule has 3 heteroatoms. The lowest BCUT2D eigenvalue weighted by Crippen LogP contribution is -2.12. The van der Waals surface area contributed by atoms with Gasteiger partial charge in [0.2, 0.25) is 0 Å². The van der Waals surface area contributed by atoms with Crippen LogP contribution >= 0.6 is 0 Å². The standard InChI is InChI=1S/C24H27N3/c1-2-17-7-9-18(10-8-17)19-11-13-20(14-12-19)26-27-24-16-15-23(25)21-5-3-4-6-22(21)24/h3-6,11-18H,2,7-10,25H2,1H3. The molecule has 4 rings (SSSR count). The van der Waals surface area contributed by atoms with Crippen LogP contribution in [0.15, 0.2) is 70.9 Å². The molecule has 0 aliphatic heterocycles. The Kier molecular flexibility index (Phi) is 5.19. The van der Waals surface area contributed by atoms with Gasteiger partial charge < -0.3 is 5.73 Å². The molecular weight excluding hydrogens is 330 g/mol. The second-order valence-electron chi connectivity index (χ2n) is 7.64. The summed E-state index contributed by atoms with van der Waals surface area (Å²) < 4.78 is 0. The van der Waals surface area contributed by atoms with Gasteiger partial charge >= 0.3 is 0 Å². The van der Waals surface area contributed by atoms with Crippen molar-refractivity contribution in [3.63, 3.8) is 0 Å². The highest BCUT2D eigenvalue weighted by molar-refractivity contribution is 5.99. The van der Waals surface area contributed by atoms with Gasteiger partial charge in [0.25, 0.3) is 0 Å². The van der Waals surface area contributed by atoms with Gasteiger partial charge in [0.05, 0.1) is 11.4 Å². The van der Waals surface area contributed by atoms with Crippen LogP contribution < -0.4 is 5.73 Å². The maximum Gasteiger partial charge on any atom is 0.0936 e.